The van der Waals surface area contributed by atoms with Gasteiger partial charge in [0.1, 0.15) is 17.5 Å². The van der Waals surface area contributed by atoms with Gasteiger partial charge in [-0.25, -0.2) is 13.2 Å². The number of carbonyl (C=O) groups excluding carboxylic acids is 1. The Labute approximate surface area is 160 Å². The lowest BCUT2D eigenvalue weighted by Crippen LogP contribution is -2.14. The molecule has 3 aromatic rings. The second-order valence-corrected chi connectivity index (χ2v) is 7.19. The van der Waals surface area contributed by atoms with Gasteiger partial charge in [0.25, 0.3) is 0 Å². The molecule has 3 nitrogen and oxygen atoms in total. The van der Waals surface area contributed by atoms with Crippen molar-refractivity contribution in [1.29, 1.82) is 0 Å². The van der Waals surface area contributed by atoms with E-state index in [0.29, 0.717) is 42.5 Å². The lowest BCUT2D eigenvalue weighted by molar-refractivity contribution is -0.147. The minimum Gasteiger partial charge on any atom is -0.466 e. The molecule has 0 saturated heterocycles. The molecule has 1 aliphatic carbocycles. The predicted octanol–water partition coefficient (Wildman–Crippen LogP) is 5.70. The second-order valence-electron chi connectivity index (χ2n) is 7.19. The average molecular weight is 387 g/mol. The maximum atomic E-state index is 14.4. The van der Waals surface area contributed by atoms with E-state index in [2.05, 4.69) is 4.98 Å². The number of aromatic nitrogens is 1. The van der Waals surface area contributed by atoms with Gasteiger partial charge in [-0.2, -0.15) is 0 Å². The summed E-state index contributed by atoms with van der Waals surface area (Å²) >= 11 is 0. The molecule has 0 spiro atoms. The highest BCUT2D eigenvalue weighted by molar-refractivity contribution is 5.92. The normalized spacial score (nSPS) is 19.3. The van der Waals surface area contributed by atoms with Gasteiger partial charge in [-0.05, 0) is 73.6 Å². The number of ether oxygens (including phenoxy) is 1. The van der Waals surface area contributed by atoms with Crippen LogP contribution in [0.4, 0.5) is 13.2 Å². The van der Waals surface area contributed by atoms with E-state index in [0.717, 1.165) is 11.6 Å². The number of carbonyl (C=O) groups is 1. The number of rotatable bonds is 4. The van der Waals surface area contributed by atoms with Crippen molar-refractivity contribution in [3.8, 4) is 11.3 Å². The summed E-state index contributed by atoms with van der Waals surface area (Å²) < 4.78 is 46.9. The molecular formula is C22H20F3NO2. The molecule has 6 heteroatoms. The molecule has 0 aliphatic heterocycles. The number of benzene rings is 2. The van der Waals surface area contributed by atoms with Crippen molar-refractivity contribution in [3.05, 3.63) is 59.4 Å². The molecule has 2 atom stereocenters. The second kappa shape index (κ2) is 7.34. The number of H-pyrrole nitrogens is 1. The van der Waals surface area contributed by atoms with Crippen LogP contribution in [0.1, 0.15) is 37.7 Å². The number of fused-ring (bicyclic) bond motifs is 1. The number of hydrogen-bond acceptors (Lipinski definition) is 2. The van der Waals surface area contributed by atoms with E-state index in [1.54, 1.807) is 19.1 Å². The maximum Gasteiger partial charge on any atom is 0.308 e. The van der Waals surface area contributed by atoms with Gasteiger partial charge in [0.05, 0.1) is 23.7 Å². The van der Waals surface area contributed by atoms with E-state index in [1.807, 2.05) is 0 Å². The van der Waals surface area contributed by atoms with Crippen LogP contribution in [0.5, 0.6) is 0 Å². The summed E-state index contributed by atoms with van der Waals surface area (Å²) in [6.45, 7) is 2.09. The summed E-state index contributed by atoms with van der Waals surface area (Å²) in [6.07, 6.45) is 1.93. The van der Waals surface area contributed by atoms with Crippen LogP contribution >= 0.6 is 0 Å². The molecular weight excluding hydrogens is 367 g/mol. The van der Waals surface area contributed by atoms with Gasteiger partial charge in [-0.1, -0.05) is 0 Å². The molecule has 28 heavy (non-hydrogen) atoms. The molecule has 1 heterocycles. The Balaban J connectivity index is 1.83. The van der Waals surface area contributed by atoms with Crippen LogP contribution in [0.15, 0.2) is 36.4 Å². The number of hydrogen-bond donors (Lipinski definition) is 1. The predicted molar refractivity (Wildman–Crippen MR) is 100 cm³/mol. The van der Waals surface area contributed by atoms with Gasteiger partial charge >= 0.3 is 5.97 Å². The third-order valence-corrected chi connectivity index (χ3v) is 5.46. The van der Waals surface area contributed by atoms with Gasteiger partial charge in [0, 0.05) is 11.5 Å². The van der Waals surface area contributed by atoms with E-state index < -0.39 is 11.6 Å². The summed E-state index contributed by atoms with van der Waals surface area (Å²) in [5.41, 5.74) is 2.31. The summed E-state index contributed by atoms with van der Waals surface area (Å²) in [7, 11) is 0. The standard InChI is InChI=1S/C22H20F3NO2/c1-2-28-22(27)14-4-3-13(9-14)19-17-10-16(24)11-18(25)21(17)26-20(19)12-5-7-15(23)8-6-12/h5-8,10-11,13-14,26H,2-4,9H2,1H3. The van der Waals surface area contributed by atoms with Crippen molar-refractivity contribution in [2.24, 2.45) is 5.92 Å². The Kier molecular flexibility index (Phi) is 4.87. The molecule has 1 saturated carbocycles. The van der Waals surface area contributed by atoms with Crippen LogP contribution in [-0.2, 0) is 9.53 Å². The third kappa shape index (κ3) is 3.28. The average Bonchev–Trinajstić information content (AvgIpc) is 3.27. The van der Waals surface area contributed by atoms with Crippen molar-refractivity contribution in [2.45, 2.75) is 32.1 Å². The first kappa shape index (κ1) is 18.6. The van der Waals surface area contributed by atoms with Crippen molar-refractivity contribution >= 4 is 16.9 Å². The van der Waals surface area contributed by atoms with Gasteiger partial charge in [0.2, 0.25) is 0 Å². The lowest BCUT2D eigenvalue weighted by Gasteiger charge is -2.13. The minimum absolute atomic E-state index is 0.0515. The van der Waals surface area contributed by atoms with Gasteiger partial charge in [0.15, 0.2) is 0 Å². The summed E-state index contributed by atoms with van der Waals surface area (Å²) in [6, 6.07) is 8.03. The third-order valence-electron chi connectivity index (χ3n) is 5.46. The number of nitrogens with one attached hydrogen (secondary N) is 1. The molecule has 146 valence electrons. The highest BCUT2D eigenvalue weighted by Crippen LogP contribution is 2.46. The van der Waals surface area contributed by atoms with Crippen LogP contribution in [0.3, 0.4) is 0 Å². The topological polar surface area (TPSA) is 42.1 Å². The fraction of sp³-hybridized carbons (Fsp3) is 0.318. The van der Waals surface area contributed by atoms with Crippen molar-refractivity contribution in [3.63, 3.8) is 0 Å². The lowest BCUT2D eigenvalue weighted by atomic mass is 9.91. The highest BCUT2D eigenvalue weighted by Gasteiger charge is 2.35. The van der Waals surface area contributed by atoms with Crippen LogP contribution in [0.25, 0.3) is 22.2 Å². The Morgan fingerprint density at radius 2 is 1.86 bits per heavy atom. The Morgan fingerprint density at radius 1 is 1.11 bits per heavy atom. The Morgan fingerprint density at radius 3 is 2.57 bits per heavy atom. The molecule has 1 fully saturated rings. The molecule has 0 radical (unpaired) electrons. The minimum atomic E-state index is -0.676. The van der Waals surface area contributed by atoms with Gasteiger partial charge in [-0.15, -0.1) is 0 Å². The molecule has 0 bridgehead atoms. The smallest absolute Gasteiger partial charge is 0.308 e. The van der Waals surface area contributed by atoms with Crippen molar-refractivity contribution in [1.82, 2.24) is 4.98 Å². The first-order valence-electron chi connectivity index (χ1n) is 9.41. The van der Waals surface area contributed by atoms with E-state index >= 15 is 0 Å². The molecule has 4 rings (SSSR count). The molecule has 2 unspecified atom stereocenters. The Bertz CT molecular complexity index is 1030. The molecule has 1 aromatic heterocycles. The zero-order valence-corrected chi connectivity index (χ0v) is 15.4. The largest absolute Gasteiger partial charge is 0.466 e. The monoisotopic (exact) mass is 387 g/mol. The van der Waals surface area contributed by atoms with Crippen molar-refractivity contribution < 1.29 is 22.7 Å². The number of esters is 1. The molecule has 2 aromatic carbocycles. The van der Waals surface area contributed by atoms with Crippen LogP contribution in [-0.4, -0.2) is 17.6 Å². The molecule has 1 aliphatic rings. The van der Waals surface area contributed by atoms with Gasteiger partial charge in [-0.3, -0.25) is 4.79 Å². The van der Waals surface area contributed by atoms with Gasteiger partial charge < -0.3 is 9.72 Å². The molecule has 0 amide bonds. The van der Waals surface area contributed by atoms with E-state index in [9.17, 15) is 18.0 Å². The maximum absolute atomic E-state index is 14.4. The summed E-state index contributed by atoms with van der Waals surface area (Å²) in [4.78, 5) is 15.2. The first-order chi connectivity index (χ1) is 13.5. The van der Waals surface area contributed by atoms with Crippen LogP contribution < -0.4 is 0 Å². The SMILES string of the molecule is CCOC(=O)C1CCC(c2c(-c3ccc(F)cc3)[nH]c3c(F)cc(F)cc23)C1. The van der Waals surface area contributed by atoms with E-state index in [4.69, 9.17) is 4.74 Å². The number of halogens is 3. The summed E-state index contributed by atoms with van der Waals surface area (Å²) in [5.74, 6) is -2.22. The van der Waals surface area contributed by atoms with E-state index in [-0.39, 0.29) is 29.1 Å². The highest BCUT2D eigenvalue weighted by atomic mass is 19.1. The first-order valence-corrected chi connectivity index (χ1v) is 9.41. The number of aromatic amines is 1. The zero-order valence-electron chi connectivity index (χ0n) is 15.4. The van der Waals surface area contributed by atoms with Crippen molar-refractivity contribution in [2.75, 3.05) is 6.61 Å². The quantitative estimate of drug-likeness (QED) is 0.584. The van der Waals surface area contributed by atoms with Crippen LogP contribution in [0.2, 0.25) is 0 Å². The van der Waals surface area contributed by atoms with Crippen LogP contribution in [0, 0.1) is 23.4 Å². The molecule has 1 N–H and O–H groups in total. The fourth-order valence-corrected chi connectivity index (χ4v) is 4.23. The fourth-order valence-electron chi connectivity index (χ4n) is 4.23. The Hall–Kier alpha value is -2.76. The summed E-state index contributed by atoms with van der Waals surface area (Å²) in [5, 5.41) is 0.464. The zero-order chi connectivity index (χ0) is 19.8. The van der Waals surface area contributed by atoms with E-state index in [1.165, 1.54) is 18.2 Å².